The summed E-state index contributed by atoms with van der Waals surface area (Å²) >= 11 is 0. The maximum Gasteiger partial charge on any atom is 0.336 e. The molecule has 0 unspecified atom stereocenters. The molecule has 0 spiro atoms. The van der Waals surface area contributed by atoms with Crippen molar-refractivity contribution in [3.63, 3.8) is 0 Å². The van der Waals surface area contributed by atoms with Gasteiger partial charge in [-0.05, 0) is 31.5 Å². The predicted molar refractivity (Wildman–Crippen MR) is 67.7 cm³/mol. The van der Waals surface area contributed by atoms with Gasteiger partial charge in [0, 0.05) is 11.5 Å². The van der Waals surface area contributed by atoms with Crippen molar-refractivity contribution in [3.8, 4) is 5.75 Å². The highest BCUT2D eigenvalue weighted by Gasteiger charge is 2.17. The number of hydrogen-bond acceptors (Lipinski definition) is 6. The molecule has 0 saturated carbocycles. The number of Topliss-reactive ketones (excluding diaryl/α,β-unsaturated/α-hetero) is 1. The average Bonchev–Trinajstić information content (AvgIpc) is 2.34. The summed E-state index contributed by atoms with van der Waals surface area (Å²) in [6.07, 6.45) is 0. The lowest BCUT2D eigenvalue weighted by molar-refractivity contribution is -0.307. The van der Waals surface area contributed by atoms with Crippen LogP contribution in [0.5, 0.6) is 5.75 Å². The van der Waals surface area contributed by atoms with Gasteiger partial charge >= 0.3 is 5.63 Å². The minimum atomic E-state index is -1.41. The molecule has 104 valence electrons. The maximum absolute atomic E-state index is 11.7. The lowest BCUT2D eigenvalue weighted by atomic mass is 10.0. The van der Waals surface area contributed by atoms with Crippen LogP contribution >= 0.6 is 0 Å². The van der Waals surface area contributed by atoms with Crippen LogP contribution in [0.15, 0.2) is 27.4 Å². The molecule has 0 atom stereocenters. The fourth-order valence-electron chi connectivity index (χ4n) is 1.96. The minimum Gasteiger partial charge on any atom is -0.546 e. The van der Waals surface area contributed by atoms with Crippen molar-refractivity contribution < 1.29 is 23.8 Å². The van der Waals surface area contributed by atoms with Crippen LogP contribution in [0.2, 0.25) is 0 Å². The van der Waals surface area contributed by atoms with Crippen molar-refractivity contribution in [3.05, 3.63) is 39.7 Å². The molecule has 0 aliphatic rings. The van der Waals surface area contributed by atoms with E-state index in [1.807, 2.05) is 0 Å². The van der Waals surface area contributed by atoms with Gasteiger partial charge in [-0.3, -0.25) is 4.79 Å². The van der Waals surface area contributed by atoms with Gasteiger partial charge in [-0.25, -0.2) is 4.79 Å². The lowest BCUT2D eigenvalue weighted by Crippen LogP contribution is -2.29. The Kier molecular flexibility index (Phi) is 3.56. The highest BCUT2D eigenvalue weighted by atomic mass is 16.5. The number of hydrogen-bond donors (Lipinski definition) is 0. The lowest BCUT2D eigenvalue weighted by Gasteiger charge is -2.12. The molecule has 1 aromatic heterocycles. The largest absolute Gasteiger partial charge is 0.546 e. The van der Waals surface area contributed by atoms with E-state index in [2.05, 4.69) is 0 Å². The molecule has 6 heteroatoms. The number of aliphatic carboxylic acids is 1. The summed E-state index contributed by atoms with van der Waals surface area (Å²) in [5, 5.41) is 11.0. The SMILES string of the molecule is CC(=O)c1c(OCC(=O)[O-])ccc2c(C)cc(=O)oc12. The molecule has 0 N–H and O–H groups in total. The minimum absolute atomic E-state index is 0.0444. The third-order valence-corrected chi connectivity index (χ3v) is 2.78. The number of benzene rings is 1. The summed E-state index contributed by atoms with van der Waals surface area (Å²) in [4.78, 5) is 33.6. The van der Waals surface area contributed by atoms with Crippen LogP contribution in [0.25, 0.3) is 11.0 Å². The summed E-state index contributed by atoms with van der Waals surface area (Å²) in [6.45, 7) is 2.30. The van der Waals surface area contributed by atoms with Gasteiger partial charge in [-0.2, -0.15) is 0 Å². The van der Waals surface area contributed by atoms with E-state index in [0.29, 0.717) is 10.9 Å². The summed E-state index contributed by atoms with van der Waals surface area (Å²) in [5.41, 5.74) is 0.211. The second-order valence-electron chi connectivity index (χ2n) is 4.28. The van der Waals surface area contributed by atoms with Crippen LogP contribution < -0.4 is 15.5 Å². The molecule has 0 fully saturated rings. The quantitative estimate of drug-likeness (QED) is 0.593. The molecule has 0 aliphatic carbocycles. The van der Waals surface area contributed by atoms with Crippen molar-refractivity contribution >= 4 is 22.7 Å². The number of fused-ring (bicyclic) bond motifs is 1. The average molecular weight is 275 g/mol. The standard InChI is InChI=1S/C14H12O6/c1-7-5-12(18)20-14-9(7)3-4-10(13(14)8(2)15)19-6-11(16)17/h3-5H,6H2,1-2H3,(H,16,17)/p-1. The fraction of sp³-hybridized carbons (Fsp3) is 0.214. The van der Waals surface area contributed by atoms with Gasteiger partial charge in [0.15, 0.2) is 11.4 Å². The van der Waals surface area contributed by atoms with Gasteiger partial charge in [0.25, 0.3) is 0 Å². The molecule has 2 aromatic rings. The van der Waals surface area contributed by atoms with Gasteiger partial charge in [0.2, 0.25) is 0 Å². The van der Waals surface area contributed by atoms with Crippen molar-refractivity contribution in [1.82, 2.24) is 0 Å². The van der Waals surface area contributed by atoms with E-state index in [9.17, 15) is 19.5 Å². The number of rotatable bonds is 4. The Hall–Kier alpha value is -2.63. The third kappa shape index (κ3) is 2.54. The highest BCUT2D eigenvalue weighted by Crippen LogP contribution is 2.29. The van der Waals surface area contributed by atoms with Crippen molar-refractivity contribution in [1.29, 1.82) is 0 Å². The van der Waals surface area contributed by atoms with Crippen molar-refractivity contribution in [2.45, 2.75) is 13.8 Å². The van der Waals surface area contributed by atoms with Gasteiger partial charge in [-0.1, -0.05) is 0 Å². The van der Waals surface area contributed by atoms with Crippen LogP contribution in [0.3, 0.4) is 0 Å². The molecule has 6 nitrogen and oxygen atoms in total. The maximum atomic E-state index is 11.7. The molecule has 1 heterocycles. The molecule has 0 bridgehead atoms. The summed E-state index contributed by atoms with van der Waals surface area (Å²) in [5.74, 6) is -1.76. The normalized spacial score (nSPS) is 10.5. The summed E-state index contributed by atoms with van der Waals surface area (Å²) < 4.78 is 10.1. The Morgan fingerprint density at radius 2 is 2.05 bits per heavy atom. The van der Waals surface area contributed by atoms with E-state index in [1.54, 1.807) is 13.0 Å². The molecule has 2 rings (SSSR count). The first-order valence-corrected chi connectivity index (χ1v) is 5.81. The monoisotopic (exact) mass is 275 g/mol. The van der Waals surface area contributed by atoms with Crippen LogP contribution in [0.1, 0.15) is 22.8 Å². The smallest absolute Gasteiger partial charge is 0.336 e. The molecular formula is C14H11O6-. The van der Waals surface area contributed by atoms with E-state index in [0.717, 1.165) is 0 Å². The van der Waals surface area contributed by atoms with Gasteiger partial charge in [0.1, 0.15) is 17.9 Å². The van der Waals surface area contributed by atoms with Crippen molar-refractivity contribution in [2.75, 3.05) is 6.61 Å². The number of ketones is 1. The Balaban J connectivity index is 2.71. The predicted octanol–water partition coefficient (Wildman–Crippen LogP) is 0.433. The number of carboxylic acid groups (broad SMARTS) is 1. The summed E-state index contributed by atoms with van der Waals surface area (Å²) in [7, 11) is 0. The molecular weight excluding hydrogens is 264 g/mol. The van der Waals surface area contributed by atoms with E-state index in [1.165, 1.54) is 19.1 Å². The van der Waals surface area contributed by atoms with Gasteiger partial charge < -0.3 is 19.1 Å². The molecule has 0 aliphatic heterocycles. The highest BCUT2D eigenvalue weighted by molar-refractivity contribution is 6.07. The van der Waals surface area contributed by atoms with Gasteiger partial charge in [-0.15, -0.1) is 0 Å². The fourth-order valence-corrected chi connectivity index (χ4v) is 1.96. The van der Waals surface area contributed by atoms with Crippen LogP contribution in [0, 0.1) is 6.92 Å². The number of carbonyl (C=O) groups excluding carboxylic acids is 2. The number of carbonyl (C=O) groups is 2. The zero-order valence-electron chi connectivity index (χ0n) is 10.9. The van der Waals surface area contributed by atoms with E-state index in [4.69, 9.17) is 9.15 Å². The third-order valence-electron chi connectivity index (χ3n) is 2.78. The topological polar surface area (TPSA) is 96.6 Å². The van der Waals surface area contributed by atoms with Crippen molar-refractivity contribution in [2.24, 2.45) is 0 Å². The Labute approximate surface area is 113 Å². The molecule has 0 amide bonds. The first kappa shape index (κ1) is 13.8. The first-order valence-electron chi connectivity index (χ1n) is 5.81. The molecule has 1 aromatic carbocycles. The van der Waals surface area contributed by atoms with Gasteiger partial charge in [0.05, 0.1) is 5.97 Å². The van der Waals surface area contributed by atoms with Crippen LogP contribution in [-0.2, 0) is 4.79 Å². The van der Waals surface area contributed by atoms with Crippen LogP contribution in [0.4, 0.5) is 0 Å². The molecule has 0 saturated heterocycles. The Morgan fingerprint density at radius 3 is 2.65 bits per heavy atom. The Morgan fingerprint density at radius 1 is 1.35 bits per heavy atom. The van der Waals surface area contributed by atoms with E-state index >= 15 is 0 Å². The molecule has 20 heavy (non-hydrogen) atoms. The second-order valence-corrected chi connectivity index (χ2v) is 4.28. The first-order chi connectivity index (χ1) is 9.40. The Bertz CT molecular complexity index is 756. The number of carboxylic acids is 1. The van der Waals surface area contributed by atoms with E-state index in [-0.39, 0.29) is 16.9 Å². The second kappa shape index (κ2) is 5.16. The van der Waals surface area contributed by atoms with Crippen LogP contribution in [-0.4, -0.2) is 18.4 Å². The summed E-state index contributed by atoms with van der Waals surface area (Å²) in [6, 6.07) is 4.38. The molecule has 0 radical (unpaired) electrons. The zero-order chi connectivity index (χ0) is 14.9. The zero-order valence-corrected chi connectivity index (χ0v) is 10.9. The number of aryl methyl sites for hydroxylation is 1. The number of ether oxygens (including phenoxy) is 1. The van der Waals surface area contributed by atoms with E-state index < -0.39 is 24.0 Å².